The molecule has 2 heterocycles. The molecule has 92 valence electrons. The van der Waals surface area contributed by atoms with E-state index < -0.39 is 0 Å². The first-order chi connectivity index (χ1) is 8.35. The molecule has 0 aliphatic rings. The minimum Gasteiger partial charge on any atom is -0.333 e. The molecule has 0 unspecified atom stereocenters. The van der Waals surface area contributed by atoms with Gasteiger partial charge in [-0.05, 0) is 12.8 Å². The smallest absolute Gasteiger partial charge is 0.108 e. The van der Waals surface area contributed by atoms with Crippen molar-refractivity contribution in [2.45, 2.75) is 46.2 Å². The standard InChI is InChI=1S/C13H20N4/c1-3-5-13-15-6-8-16(13)10-12-9-14-11-17(12)7-4-2/h6,8-9,11H,3-5,7,10H2,1-2H3. The van der Waals surface area contributed by atoms with E-state index in [1.54, 1.807) is 0 Å². The number of aromatic nitrogens is 4. The van der Waals surface area contributed by atoms with Gasteiger partial charge in [-0.1, -0.05) is 13.8 Å². The highest BCUT2D eigenvalue weighted by molar-refractivity contribution is 5.03. The van der Waals surface area contributed by atoms with Crippen LogP contribution >= 0.6 is 0 Å². The van der Waals surface area contributed by atoms with Gasteiger partial charge in [0.2, 0.25) is 0 Å². The van der Waals surface area contributed by atoms with Crippen molar-refractivity contribution in [2.24, 2.45) is 0 Å². The summed E-state index contributed by atoms with van der Waals surface area (Å²) in [5.41, 5.74) is 1.25. The monoisotopic (exact) mass is 232 g/mol. The number of hydrogen-bond acceptors (Lipinski definition) is 2. The van der Waals surface area contributed by atoms with Crippen LogP contribution in [0.5, 0.6) is 0 Å². The molecule has 0 N–H and O–H groups in total. The topological polar surface area (TPSA) is 35.6 Å². The Hall–Kier alpha value is -1.58. The molecule has 0 spiro atoms. The average molecular weight is 232 g/mol. The summed E-state index contributed by atoms with van der Waals surface area (Å²) in [6.07, 6.45) is 11.1. The lowest BCUT2D eigenvalue weighted by atomic mass is 10.3. The molecule has 0 bridgehead atoms. The fraction of sp³-hybridized carbons (Fsp3) is 0.538. The van der Waals surface area contributed by atoms with Crippen molar-refractivity contribution in [1.82, 2.24) is 19.1 Å². The predicted molar refractivity (Wildman–Crippen MR) is 67.8 cm³/mol. The van der Waals surface area contributed by atoms with E-state index in [1.165, 1.54) is 5.69 Å². The molecule has 0 amide bonds. The summed E-state index contributed by atoms with van der Waals surface area (Å²) in [5, 5.41) is 0. The van der Waals surface area contributed by atoms with Gasteiger partial charge in [0, 0.05) is 31.6 Å². The summed E-state index contributed by atoms with van der Waals surface area (Å²) in [5.74, 6) is 1.16. The molecule has 0 saturated heterocycles. The van der Waals surface area contributed by atoms with Crippen molar-refractivity contribution in [2.75, 3.05) is 0 Å². The third-order valence-electron chi connectivity index (χ3n) is 2.87. The van der Waals surface area contributed by atoms with Gasteiger partial charge in [-0.15, -0.1) is 0 Å². The lowest BCUT2D eigenvalue weighted by molar-refractivity contribution is 0.610. The maximum absolute atomic E-state index is 4.40. The van der Waals surface area contributed by atoms with Crippen molar-refractivity contribution in [3.8, 4) is 0 Å². The largest absolute Gasteiger partial charge is 0.333 e. The molecule has 0 aliphatic heterocycles. The zero-order valence-electron chi connectivity index (χ0n) is 10.6. The third kappa shape index (κ3) is 2.75. The molecule has 0 aliphatic carbocycles. The van der Waals surface area contributed by atoms with Gasteiger partial charge in [0.1, 0.15) is 5.82 Å². The van der Waals surface area contributed by atoms with Gasteiger partial charge in [-0.2, -0.15) is 0 Å². The number of aryl methyl sites for hydroxylation is 2. The van der Waals surface area contributed by atoms with Crippen molar-refractivity contribution >= 4 is 0 Å². The number of imidazole rings is 2. The Balaban J connectivity index is 2.13. The van der Waals surface area contributed by atoms with Crippen molar-refractivity contribution in [3.05, 3.63) is 36.4 Å². The summed E-state index contributed by atoms with van der Waals surface area (Å²) in [6, 6.07) is 0. The fourth-order valence-corrected chi connectivity index (χ4v) is 2.03. The lowest BCUT2D eigenvalue weighted by Gasteiger charge is -2.09. The normalized spacial score (nSPS) is 10.9. The van der Waals surface area contributed by atoms with Crippen LogP contribution in [0.15, 0.2) is 24.9 Å². The van der Waals surface area contributed by atoms with E-state index in [0.717, 1.165) is 38.2 Å². The maximum Gasteiger partial charge on any atom is 0.108 e. The second-order valence-corrected chi connectivity index (χ2v) is 4.30. The minimum atomic E-state index is 0.870. The Labute approximate surface area is 102 Å². The molecular formula is C13H20N4. The zero-order valence-corrected chi connectivity index (χ0v) is 10.6. The van der Waals surface area contributed by atoms with Crippen molar-refractivity contribution in [1.29, 1.82) is 0 Å². The Morgan fingerprint density at radius 3 is 2.82 bits per heavy atom. The Bertz CT molecular complexity index is 413. The van der Waals surface area contributed by atoms with Crippen LogP contribution in [-0.4, -0.2) is 19.1 Å². The second-order valence-electron chi connectivity index (χ2n) is 4.30. The Morgan fingerprint density at radius 1 is 1.18 bits per heavy atom. The fourth-order valence-electron chi connectivity index (χ4n) is 2.03. The van der Waals surface area contributed by atoms with E-state index in [0.29, 0.717) is 0 Å². The van der Waals surface area contributed by atoms with Crippen LogP contribution in [-0.2, 0) is 19.5 Å². The van der Waals surface area contributed by atoms with E-state index in [9.17, 15) is 0 Å². The Kier molecular flexibility index (Phi) is 3.96. The predicted octanol–water partition coefficient (Wildman–Crippen LogP) is 2.49. The number of hydrogen-bond donors (Lipinski definition) is 0. The van der Waals surface area contributed by atoms with Crippen LogP contribution in [0.4, 0.5) is 0 Å². The van der Waals surface area contributed by atoms with E-state index in [2.05, 4.69) is 32.9 Å². The van der Waals surface area contributed by atoms with Crippen LogP contribution in [0, 0.1) is 0 Å². The summed E-state index contributed by atoms with van der Waals surface area (Å²) in [6.45, 7) is 6.27. The maximum atomic E-state index is 4.40. The van der Waals surface area contributed by atoms with Crippen molar-refractivity contribution < 1.29 is 0 Å². The van der Waals surface area contributed by atoms with Crippen molar-refractivity contribution in [3.63, 3.8) is 0 Å². The van der Waals surface area contributed by atoms with Gasteiger partial charge in [0.15, 0.2) is 0 Å². The average Bonchev–Trinajstić information content (AvgIpc) is 2.92. The zero-order chi connectivity index (χ0) is 12.1. The van der Waals surface area contributed by atoms with E-state index >= 15 is 0 Å². The van der Waals surface area contributed by atoms with Gasteiger partial charge in [-0.3, -0.25) is 0 Å². The molecule has 0 radical (unpaired) electrons. The highest BCUT2D eigenvalue weighted by Gasteiger charge is 2.06. The molecule has 0 aromatic carbocycles. The molecule has 0 fully saturated rings. The molecule has 2 rings (SSSR count). The first-order valence-corrected chi connectivity index (χ1v) is 6.34. The van der Waals surface area contributed by atoms with Crippen LogP contribution in [0.2, 0.25) is 0 Å². The molecule has 17 heavy (non-hydrogen) atoms. The minimum absolute atomic E-state index is 0.870. The van der Waals surface area contributed by atoms with Crippen LogP contribution in [0.3, 0.4) is 0 Å². The molecule has 0 saturated carbocycles. The second kappa shape index (κ2) is 5.66. The summed E-state index contributed by atoms with van der Waals surface area (Å²) in [4.78, 5) is 8.62. The summed E-state index contributed by atoms with van der Waals surface area (Å²) >= 11 is 0. The molecule has 0 atom stereocenters. The highest BCUT2D eigenvalue weighted by atomic mass is 15.1. The molecular weight excluding hydrogens is 212 g/mol. The first kappa shape index (κ1) is 11.9. The molecule has 2 aromatic rings. The summed E-state index contributed by atoms with van der Waals surface area (Å²) in [7, 11) is 0. The molecule has 2 aromatic heterocycles. The van der Waals surface area contributed by atoms with Gasteiger partial charge >= 0.3 is 0 Å². The molecule has 4 heteroatoms. The quantitative estimate of drug-likeness (QED) is 0.767. The van der Waals surface area contributed by atoms with Gasteiger partial charge < -0.3 is 9.13 Å². The van der Waals surface area contributed by atoms with E-state index in [4.69, 9.17) is 0 Å². The van der Waals surface area contributed by atoms with Crippen LogP contribution in [0.1, 0.15) is 38.2 Å². The molecule has 4 nitrogen and oxygen atoms in total. The van der Waals surface area contributed by atoms with Gasteiger partial charge in [-0.25, -0.2) is 9.97 Å². The number of rotatable bonds is 6. The highest BCUT2D eigenvalue weighted by Crippen LogP contribution is 2.08. The third-order valence-corrected chi connectivity index (χ3v) is 2.87. The van der Waals surface area contributed by atoms with Gasteiger partial charge in [0.05, 0.1) is 18.6 Å². The first-order valence-electron chi connectivity index (χ1n) is 6.34. The van der Waals surface area contributed by atoms with Crippen LogP contribution < -0.4 is 0 Å². The van der Waals surface area contributed by atoms with Gasteiger partial charge in [0.25, 0.3) is 0 Å². The summed E-state index contributed by atoms with van der Waals surface area (Å²) < 4.78 is 4.43. The van der Waals surface area contributed by atoms with Crippen LogP contribution in [0.25, 0.3) is 0 Å². The van der Waals surface area contributed by atoms with E-state index in [1.807, 2.05) is 24.9 Å². The van der Waals surface area contributed by atoms with E-state index in [-0.39, 0.29) is 0 Å². The SMILES string of the molecule is CCCc1nccn1Cc1cncn1CCC. The Morgan fingerprint density at radius 2 is 2.06 bits per heavy atom. The lowest BCUT2D eigenvalue weighted by Crippen LogP contribution is -2.09. The number of nitrogens with zero attached hydrogens (tertiary/aromatic N) is 4.